The van der Waals surface area contributed by atoms with Crippen molar-refractivity contribution >= 4 is 17.4 Å². The average Bonchev–Trinajstić information content (AvgIpc) is 2.27. The largest absolute Gasteiger partial charge is 0.481 e. The summed E-state index contributed by atoms with van der Waals surface area (Å²) < 4.78 is 5.10. The van der Waals surface area contributed by atoms with E-state index >= 15 is 0 Å². The summed E-state index contributed by atoms with van der Waals surface area (Å²) in [5.74, 6) is 2.45. The van der Waals surface area contributed by atoms with Crippen LogP contribution in [0.2, 0.25) is 0 Å². The quantitative estimate of drug-likeness (QED) is 0.786. The third-order valence-corrected chi connectivity index (χ3v) is 2.64. The van der Waals surface area contributed by atoms with E-state index < -0.39 is 0 Å². The van der Waals surface area contributed by atoms with Crippen LogP contribution in [-0.2, 0) is 0 Å². The standard InChI is InChI=1S/C10H16ClN3O/c1-7(4-11)5-12-9-8(2)10(15-3)14-6-13-9/h6-7H,4-5H2,1-3H3,(H,12,13,14). The third-order valence-electron chi connectivity index (χ3n) is 2.11. The molecule has 1 aromatic rings. The zero-order chi connectivity index (χ0) is 11.3. The van der Waals surface area contributed by atoms with Gasteiger partial charge in [-0.1, -0.05) is 6.92 Å². The predicted molar refractivity (Wildman–Crippen MR) is 61.7 cm³/mol. The number of alkyl halides is 1. The Morgan fingerprint density at radius 2 is 2.27 bits per heavy atom. The van der Waals surface area contributed by atoms with E-state index in [1.165, 1.54) is 6.33 Å². The molecule has 84 valence electrons. The van der Waals surface area contributed by atoms with Crippen LogP contribution in [0.5, 0.6) is 5.88 Å². The summed E-state index contributed by atoms with van der Waals surface area (Å²) in [5.41, 5.74) is 0.918. The summed E-state index contributed by atoms with van der Waals surface area (Å²) in [7, 11) is 1.60. The highest BCUT2D eigenvalue weighted by atomic mass is 35.5. The molecule has 1 aromatic heterocycles. The van der Waals surface area contributed by atoms with E-state index in [-0.39, 0.29) is 0 Å². The zero-order valence-electron chi connectivity index (χ0n) is 9.25. The van der Waals surface area contributed by atoms with Crippen LogP contribution in [0, 0.1) is 12.8 Å². The van der Waals surface area contributed by atoms with E-state index in [1.807, 2.05) is 6.92 Å². The highest BCUT2D eigenvalue weighted by Crippen LogP contribution is 2.19. The number of hydrogen-bond donors (Lipinski definition) is 1. The fourth-order valence-electron chi connectivity index (χ4n) is 1.14. The van der Waals surface area contributed by atoms with Crippen molar-refractivity contribution in [1.82, 2.24) is 9.97 Å². The number of nitrogens with zero attached hydrogens (tertiary/aromatic N) is 2. The summed E-state index contributed by atoms with van der Waals surface area (Å²) in [4.78, 5) is 8.15. The molecule has 0 saturated heterocycles. The Morgan fingerprint density at radius 3 is 2.87 bits per heavy atom. The number of halogens is 1. The van der Waals surface area contributed by atoms with Gasteiger partial charge in [0.15, 0.2) is 0 Å². The Labute approximate surface area is 95.0 Å². The monoisotopic (exact) mass is 229 g/mol. The van der Waals surface area contributed by atoms with E-state index in [2.05, 4.69) is 22.2 Å². The molecule has 1 atom stereocenters. The van der Waals surface area contributed by atoms with Gasteiger partial charge in [-0.2, -0.15) is 0 Å². The smallest absolute Gasteiger partial charge is 0.221 e. The lowest BCUT2D eigenvalue weighted by molar-refractivity contribution is 0.393. The van der Waals surface area contributed by atoms with Gasteiger partial charge in [-0.15, -0.1) is 11.6 Å². The second kappa shape index (κ2) is 5.75. The molecule has 1 N–H and O–H groups in total. The highest BCUT2D eigenvalue weighted by molar-refractivity contribution is 6.18. The number of ether oxygens (including phenoxy) is 1. The molecule has 0 aliphatic carbocycles. The van der Waals surface area contributed by atoms with Crippen molar-refractivity contribution in [1.29, 1.82) is 0 Å². The van der Waals surface area contributed by atoms with Crippen LogP contribution in [0.15, 0.2) is 6.33 Å². The first-order valence-electron chi connectivity index (χ1n) is 4.84. The van der Waals surface area contributed by atoms with Crippen molar-refractivity contribution in [2.75, 3.05) is 24.9 Å². The van der Waals surface area contributed by atoms with Crippen LogP contribution in [0.1, 0.15) is 12.5 Å². The minimum absolute atomic E-state index is 0.409. The maximum atomic E-state index is 5.72. The lowest BCUT2D eigenvalue weighted by Gasteiger charge is -2.12. The maximum Gasteiger partial charge on any atom is 0.221 e. The summed E-state index contributed by atoms with van der Waals surface area (Å²) in [6.45, 7) is 4.80. The van der Waals surface area contributed by atoms with Crippen LogP contribution in [-0.4, -0.2) is 29.5 Å². The van der Waals surface area contributed by atoms with Crippen molar-refractivity contribution < 1.29 is 4.74 Å². The molecule has 0 aliphatic rings. The van der Waals surface area contributed by atoms with E-state index in [0.29, 0.717) is 17.7 Å². The number of methoxy groups -OCH3 is 1. The topological polar surface area (TPSA) is 47.0 Å². The van der Waals surface area contributed by atoms with Crippen molar-refractivity contribution in [3.8, 4) is 5.88 Å². The summed E-state index contributed by atoms with van der Waals surface area (Å²) in [6.07, 6.45) is 1.49. The van der Waals surface area contributed by atoms with Crippen molar-refractivity contribution in [3.63, 3.8) is 0 Å². The van der Waals surface area contributed by atoms with Gasteiger partial charge < -0.3 is 10.1 Å². The van der Waals surface area contributed by atoms with Gasteiger partial charge in [0, 0.05) is 12.4 Å². The van der Waals surface area contributed by atoms with E-state index in [4.69, 9.17) is 16.3 Å². The predicted octanol–water partition coefficient (Wildman–Crippen LogP) is 2.08. The molecule has 1 unspecified atom stereocenters. The number of nitrogens with one attached hydrogen (secondary N) is 1. The SMILES string of the molecule is COc1ncnc(NCC(C)CCl)c1C. The Hall–Kier alpha value is -1.03. The maximum absolute atomic E-state index is 5.72. The Morgan fingerprint density at radius 1 is 1.53 bits per heavy atom. The van der Waals surface area contributed by atoms with Gasteiger partial charge in [-0.25, -0.2) is 9.97 Å². The summed E-state index contributed by atoms with van der Waals surface area (Å²) >= 11 is 5.72. The molecule has 1 heterocycles. The molecule has 0 fully saturated rings. The number of anilines is 1. The van der Waals surface area contributed by atoms with Gasteiger partial charge in [0.25, 0.3) is 0 Å². The molecule has 0 bridgehead atoms. The Balaban J connectivity index is 2.68. The van der Waals surface area contributed by atoms with Crippen LogP contribution < -0.4 is 10.1 Å². The van der Waals surface area contributed by atoms with Gasteiger partial charge >= 0.3 is 0 Å². The normalized spacial score (nSPS) is 12.3. The fourth-order valence-corrected chi connectivity index (χ4v) is 1.25. The van der Waals surface area contributed by atoms with Crippen LogP contribution in [0.25, 0.3) is 0 Å². The van der Waals surface area contributed by atoms with E-state index in [1.54, 1.807) is 7.11 Å². The molecule has 4 nitrogen and oxygen atoms in total. The molecule has 1 rings (SSSR count). The van der Waals surface area contributed by atoms with Crippen molar-refractivity contribution in [3.05, 3.63) is 11.9 Å². The molecule has 0 radical (unpaired) electrons. The molecule has 0 saturated carbocycles. The van der Waals surface area contributed by atoms with Gasteiger partial charge in [0.2, 0.25) is 5.88 Å². The molecule has 0 aliphatic heterocycles. The van der Waals surface area contributed by atoms with Crippen LogP contribution in [0.4, 0.5) is 5.82 Å². The van der Waals surface area contributed by atoms with Crippen LogP contribution in [0.3, 0.4) is 0 Å². The minimum atomic E-state index is 0.409. The number of hydrogen-bond acceptors (Lipinski definition) is 4. The molecular weight excluding hydrogens is 214 g/mol. The number of aromatic nitrogens is 2. The summed E-state index contributed by atoms with van der Waals surface area (Å²) in [6, 6.07) is 0. The van der Waals surface area contributed by atoms with Crippen molar-refractivity contribution in [2.45, 2.75) is 13.8 Å². The fraction of sp³-hybridized carbons (Fsp3) is 0.600. The first-order valence-corrected chi connectivity index (χ1v) is 5.38. The molecule has 0 spiro atoms. The Bertz CT molecular complexity index is 320. The van der Waals surface area contributed by atoms with Gasteiger partial charge in [-0.05, 0) is 12.8 Å². The van der Waals surface area contributed by atoms with Gasteiger partial charge in [-0.3, -0.25) is 0 Å². The van der Waals surface area contributed by atoms with Gasteiger partial charge in [0.1, 0.15) is 12.1 Å². The second-order valence-corrected chi connectivity index (χ2v) is 3.81. The molecule has 5 heteroatoms. The van der Waals surface area contributed by atoms with Crippen LogP contribution >= 0.6 is 11.6 Å². The van der Waals surface area contributed by atoms with E-state index in [9.17, 15) is 0 Å². The molecule has 0 amide bonds. The third kappa shape index (κ3) is 3.23. The lowest BCUT2D eigenvalue weighted by Crippen LogP contribution is -2.14. The minimum Gasteiger partial charge on any atom is -0.481 e. The van der Waals surface area contributed by atoms with Gasteiger partial charge in [0.05, 0.1) is 12.7 Å². The highest BCUT2D eigenvalue weighted by Gasteiger charge is 2.07. The number of rotatable bonds is 5. The molecule has 0 aromatic carbocycles. The van der Waals surface area contributed by atoms with Crippen molar-refractivity contribution in [2.24, 2.45) is 5.92 Å². The first-order chi connectivity index (χ1) is 7.19. The zero-order valence-corrected chi connectivity index (χ0v) is 10.0. The molecular formula is C10H16ClN3O. The second-order valence-electron chi connectivity index (χ2n) is 3.50. The van der Waals surface area contributed by atoms with E-state index in [0.717, 1.165) is 17.9 Å². The molecule has 15 heavy (non-hydrogen) atoms. The summed E-state index contributed by atoms with van der Waals surface area (Å²) in [5, 5.41) is 3.22. The lowest BCUT2D eigenvalue weighted by atomic mass is 10.2. The average molecular weight is 230 g/mol. The Kier molecular flexibility index (Phi) is 4.62. The first kappa shape index (κ1) is 12.0.